The third-order valence-electron chi connectivity index (χ3n) is 3.01. The van der Waals surface area contributed by atoms with Crippen molar-refractivity contribution in [2.24, 2.45) is 5.14 Å². The van der Waals surface area contributed by atoms with Gasteiger partial charge < -0.3 is 0 Å². The summed E-state index contributed by atoms with van der Waals surface area (Å²) in [4.78, 5) is 21.9. The molecule has 7 heteroatoms. The topological polar surface area (TPSA) is 73.8 Å². The summed E-state index contributed by atoms with van der Waals surface area (Å²) in [5.41, 5.74) is 1.21. The standard InChI is InChI=1S/C14H12N4OS2/c1-20-14-16-8-9-5-6-12(19)18(13(9)17-14)10-3-2-4-11(7-10)21-15/h2-8H,15H2,1H3. The summed E-state index contributed by atoms with van der Waals surface area (Å²) < 4.78 is 1.58. The molecule has 0 amide bonds. The Morgan fingerprint density at radius 1 is 1.24 bits per heavy atom. The first-order chi connectivity index (χ1) is 10.2. The number of thioether (sulfide) groups is 1. The third kappa shape index (κ3) is 2.67. The molecule has 0 saturated carbocycles. The SMILES string of the molecule is CSc1ncc2ccc(=O)n(-c3cccc(SN)c3)c2n1. The van der Waals surface area contributed by atoms with Crippen molar-refractivity contribution in [3.8, 4) is 5.69 Å². The van der Waals surface area contributed by atoms with Gasteiger partial charge in [0.05, 0.1) is 5.69 Å². The van der Waals surface area contributed by atoms with Crippen LogP contribution in [-0.2, 0) is 0 Å². The maximum Gasteiger partial charge on any atom is 0.256 e. The van der Waals surface area contributed by atoms with Crippen molar-refractivity contribution < 1.29 is 0 Å². The van der Waals surface area contributed by atoms with Crippen LogP contribution in [0.4, 0.5) is 0 Å². The number of nitrogens with zero attached hydrogens (tertiary/aromatic N) is 3. The highest BCUT2D eigenvalue weighted by molar-refractivity contribution is 7.98. The molecular formula is C14H12N4OS2. The maximum atomic E-state index is 12.3. The van der Waals surface area contributed by atoms with Gasteiger partial charge in [-0.15, -0.1) is 0 Å². The molecule has 0 bridgehead atoms. The van der Waals surface area contributed by atoms with E-state index >= 15 is 0 Å². The van der Waals surface area contributed by atoms with Crippen LogP contribution in [0.25, 0.3) is 16.7 Å². The van der Waals surface area contributed by atoms with Gasteiger partial charge in [0.15, 0.2) is 10.8 Å². The van der Waals surface area contributed by atoms with Crippen LogP contribution < -0.4 is 10.7 Å². The van der Waals surface area contributed by atoms with Gasteiger partial charge in [-0.3, -0.25) is 14.5 Å². The number of hydrogen-bond donors (Lipinski definition) is 1. The van der Waals surface area contributed by atoms with E-state index in [2.05, 4.69) is 9.97 Å². The second-order valence-electron chi connectivity index (χ2n) is 4.26. The van der Waals surface area contributed by atoms with Crippen molar-refractivity contribution in [3.63, 3.8) is 0 Å². The molecule has 0 unspecified atom stereocenters. The van der Waals surface area contributed by atoms with E-state index in [4.69, 9.17) is 5.14 Å². The smallest absolute Gasteiger partial charge is 0.256 e. The minimum Gasteiger partial charge on any atom is -0.274 e. The van der Waals surface area contributed by atoms with E-state index in [9.17, 15) is 4.79 Å². The molecule has 0 fully saturated rings. The van der Waals surface area contributed by atoms with Gasteiger partial charge in [0.25, 0.3) is 5.56 Å². The van der Waals surface area contributed by atoms with Crippen molar-refractivity contribution in [2.75, 3.05) is 6.26 Å². The van der Waals surface area contributed by atoms with Gasteiger partial charge >= 0.3 is 0 Å². The molecule has 2 N–H and O–H groups in total. The monoisotopic (exact) mass is 316 g/mol. The molecule has 0 saturated heterocycles. The minimum atomic E-state index is -0.132. The summed E-state index contributed by atoms with van der Waals surface area (Å²) in [6, 6.07) is 10.7. The van der Waals surface area contributed by atoms with Gasteiger partial charge in [-0.25, -0.2) is 9.97 Å². The zero-order valence-electron chi connectivity index (χ0n) is 11.2. The summed E-state index contributed by atoms with van der Waals surface area (Å²) in [6.07, 6.45) is 3.63. The zero-order chi connectivity index (χ0) is 14.8. The van der Waals surface area contributed by atoms with E-state index in [0.717, 1.165) is 27.9 Å². The van der Waals surface area contributed by atoms with Crippen LogP contribution in [0.15, 0.2) is 57.4 Å². The molecule has 0 aliphatic heterocycles. The first-order valence-electron chi connectivity index (χ1n) is 6.13. The molecule has 21 heavy (non-hydrogen) atoms. The van der Waals surface area contributed by atoms with Gasteiger partial charge in [0, 0.05) is 22.5 Å². The highest BCUT2D eigenvalue weighted by atomic mass is 32.2. The predicted molar refractivity (Wildman–Crippen MR) is 87.0 cm³/mol. The Morgan fingerprint density at radius 2 is 2.10 bits per heavy atom. The average Bonchev–Trinajstić information content (AvgIpc) is 2.54. The van der Waals surface area contributed by atoms with Crippen LogP contribution in [0.5, 0.6) is 0 Å². The lowest BCUT2D eigenvalue weighted by Crippen LogP contribution is -2.18. The quantitative estimate of drug-likeness (QED) is 0.454. The zero-order valence-corrected chi connectivity index (χ0v) is 12.8. The average molecular weight is 316 g/mol. The molecule has 2 heterocycles. The molecule has 106 valence electrons. The van der Waals surface area contributed by atoms with Crippen LogP contribution in [0.2, 0.25) is 0 Å². The summed E-state index contributed by atoms with van der Waals surface area (Å²) in [7, 11) is 0. The first-order valence-corrected chi connectivity index (χ1v) is 8.23. The minimum absolute atomic E-state index is 0.132. The third-order valence-corrected chi connectivity index (χ3v) is 4.09. The lowest BCUT2D eigenvalue weighted by Gasteiger charge is -2.10. The number of fused-ring (bicyclic) bond motifs is 1. The summed E-state index contributed by atoms with van der Waals surface area (Å²) in [5.74, 6) is 0. The van der Waals surface area contributed by atoms with Crippen molar-refractivity contribution in [1.29, 1.82) is 0 Å². The van der Waals surface area contributed by atoms with Crippen molar-refractivity contribution in [3.05, 3.63) is 52.9 Å². The number of aromatic nitrogens is 3. The van der Waals surface area contributed by atoms with E-state index in [1.54, 1.807) is 16.8 Å². The van der Waals surface area contributed by atoms with E-state index in [1.165, 1.54) is 17.8 Å². The molecule has 1 aromatic carbocycles. The van der Waals surface area contributed by atoms with Crippen LogP contribution in [0, 0.1) is 0 Å². The van der Waals surface area contributed by atoms with E-state index in [1.807, 2.05) is 30.5 Å². The Morgan fingerprint density at radius 3 is 2.86 bits per heavy atom. The van der Waals surface area contributed by atoms with Crippen molar-refractivity contribution in [2.45, 2.75) is 10.1 Å². The molecule has 3 rings (SSSR count). The van der Waals surface area contributed by atoms with Gasteiger partial charge in [-0.1, -0.05) is 17.8 Å². The van der Waals surface area contributed by atoms with Crippen LogP contribution in [-0.4, -0.2) is 20.8 Å². The summed E-state index contributed by atoms with van der Waals surface area (Å²) in [5, 5.41) is 7.04. The molecule has 2 aromatic heterocycles. The Kier molecular flexibility index (Phi) is 3.96. The van der Waals surface area contributed by atoms with Gasteiger partial charge in [0.2, 0.25) is 0 Å². The number of pyridine rings is 1. The van der Waals surface area contributed by atoms with Crippen molar-refractivity contribution in [1.82, 2.24) is 14.5 Å². The molecule has 0 aliphatic carbocycles. The summed E-state index contributed by atoms with van der Waals surface area (Å²) >= 11 is 2.58. The number of hydrogen-bond acceptors (Lipinski definition) is 6. The highest BCUT2D eigenvalue weighted by Gasteiger charge is 2.09. The molecule has 0 atom stereocenters. The molecule has 0 radical (unpaired) electrons. The Bertz CT molecular complexity index is 863. The highest BCUT2D eigenvalue weighted by Crippen LogP contribution is 2.20. The fourth-order valence-electron chi connectivity index (χ4n) is 2.05. The Labute approximate surface area is 129 Å². The first kappa shape index (κ1) is 14.1. The fraction of sp³-hybridized carbons (Fsp3) is 0.0714. The van der Waals surface area contributed by atoms with Gasteiger partial charge in [0.1, 0.15) is 0 Å². The molecule has 3 aromatic rings. The summed E-state index contributed by atoms with van der Waals surface area (Å²) in [6.45, 7) is 0. The second-order valence-corrected chi connectivity index (χ2v) is 5.74. The van der Waals surface area contributed by atoms with Crippen molar-refractivity contribution >= 4 is 34.7 Å². The number of rotatable bonds is 3. The second kappa shape index (κ2) is 5.88. The Hall–Kier alpha value is -1.83. The van der Waals surface area contributed by atoms with E-state index in [-0.39, 0.29) is 5.56 Å². The normalized spacial score (nSPS) is 11.0. The molecule has 5 nitrogen and oxygen atoms in total. The lowest BCUT2D eigenvalue weighted by molar-refractivity contribution is 0.936. The molecule has 0 aliphatic rings. The predicted octanol–water partition coefficient (Wildman–Crippen LogP) is 2.47. The number of nitrogens with two attached hydrogens (primary N) is 1. The Balaban J connectivity index is 2.34. The van der Waals surface area contributed by atoms with E-state index < -0.39 is 0 Å². The maximum absolute atomic E-state index is 12.3. The van der Waals surface area contributed by atoms with Crippen LogP contribution in [0.3, 0.4) is 0 Å². The van der Waals surface area contributed by atoms with Crippen LogP contribution >= 0.6 is 23.7 Å². The van der Waals surface area contributed by atoms with E-state index in [0.29, 0.717) is 10.8 Å². The largest absolute Gasteiger partial charge is 0.274 e. The van der Waals surface area contributed by atoms with Gasteiger partial charge in [-0.2, -0.15) is 0 Å². The van der Waals surface area contributed by atoms with Crippen LogP contribution in [0.1, 0.15) is 0 Å². The number of benzene rings is 1. The lowest BCUT2D eigenvalue weighted by atomic mass is 10.2. The molecule has 0 spiro atoms. The van der Waals surface area contributed by atoms with Gasteiger partial charge in [-0.05, 0) is 42.5 Å². The molecular weight excluding hydrogens is 304 g/mol. The fourth-order valence-corrected chi connectivity index (χ4v) is 2.73.